The van der Waals surface area contributed by atoms with Crippen LogP contribution in [0.3, 0.4) is 0 Å². The minimum absolute atomic E-state index is 0.152. The van der Waals surface area contributed by atoms with Crippen molar-refractivity contribution in [1.29, 1.82) is 0 Å². The van der Waals surface area contributed by atoms with Crippen molar-refractivity contribution in [3.05, 3.63) is 83.9 Å². The molecule has 0 spiro atoms. The van der Waals surface area contributed by atoms with Crippen LogP contribution in [-0.4, -0.2) is 60.4 Å². The lowest BCUT2D eigenvalue weighted by molar-refractivity contribution is 0.0686. The Morgan fingerprint density at radius 2 is 0.636 bits per heavy atom. The molecule has 44 heavy (non-hydrogen) atoms. The maximum absolute atomic E-state index is 13.9. The second kappa shape index (κ2) is 16.1. The molecule has 0 saturated heterocycles. The van der Waals surface area contributed by atoms with E-state index in [1.807, 2.05) is 52.0 Å². The summed E-state index contributed by atoms with van der Waals surface area (Å²) in [6, 6.07) is 19.5. The first kappa shape index (κ1) is 33.6. The monoisotopic (exact) mass is 602 g/mol. The molecule has 0 heterocycles. The van der Waals surface area contributed by atoms with Gasteiger partial charge in [-0.3, -0.25) is 19.6 Å². The van der Waals surface area contributed by atoms with Crippen molar-refractivity contribution in [2.45, 2.75) is 53.4 Å². The summed E-state index contributed by atoms with van der Waals surface area (Å²) in [5.74, 6) is -2.05. The van der Waals surface area contributed by atoms with Crippen LogP contribution in [0.25, 0.3) is 0 Å². The van der Waals surface area contributed by atoms with Crippen LogP contribution in [0.15, 0.2) is 72.8 Å². The third-order valence-corrected chi connectivity index (χ3v) is 7.04. The molecule has 0 aliphatic rings. The van der Waals surface area contributed by atoms with Gasteiger partial charge in [-0.05, 0) is 98.5 Å². The van der Waals surface area contributed by atoms with Crippen molar-refractivity contribution in [2.75, 3.05) is 45.8 Å². The smallest absolute Gasteiger partial charge is 0.335 e. The molecule has 0 bridgehead atoms. The molecule has 10 nitrogen and oxygen atoms in total. The average Bonchev–Trinajstić information content (AvgIpc) is 3.03. The summed E-state index contributed by atoms with van der Waals surface area (Å²) in [7, 11) is 0. The number of anilines is 4. The van der Waals surface area contributed by atoms with Crippen molar-refractivity contribution >= 4 is 46.8 Å². The molecule has 3 rings (SSSR count). The van der Waals surface area contributed by atoms with E-state index in [0.29, 0.717) is 61.8 Å². The van der Waals surface area contributed by atoms with Gasteiger partial charge in [0.05, 0.1) is 11.1 Å². The summed E-state index contributed by atoms with van der Waals surface area (Å²) in [6.45, 7) is 9.81. The van der Waals surface area contributed by atoms with E-state index in [1.165, 1.54) is 24.3 Å². The van der Waals surface area contributed by atoms with E-state index in [9.17, 15) is 29.4 Å². The lowest BCUT2D eigenvalue weighted by Gasteiger charge is -2.32. The normalized spacial score (nSPS) is 10.6. The van der Waals surface area contributed by atoms with E-state index in [1.54, 1.807) is 43.9 Å². The van der Waals surface area contributed by atoms with Crippen LogP contribution in [0.1, 0.15) is 74.1 Å². The standard InChI is InChI=1S/C34H42N4O6/c1-5-21-35(27-13-9-25(10-14-27)31(39)40)33(43)37(23-7-3)29-17-19-30(20-18-29)38(24-8-4)34(44)36(22-6-2)28-15-11-26(12-16-28)32(41)42/h9-20H,5-8,21-24H2,1-4H3,(H,39,40)(H,41,42). The van der Waals surface area contributed by atoms with E-state index < -0.39 is 11.9 Å². The van der Waals surface area contributed by atoms with Crippen molar-refractivity contribution in [3.8, 4) is 0 Å². The van der Waals surface area contributed by atoms with Gasteiger partial charge >= 0.3 is 24.0 Å². The molecule has 0 unspecified atom stereocenters. The third-order valence-electron chi connectivity index (χ3n) is 7.04. The molecule has 234 valence electrons. The number of amides is 4. The largest absolute Gasteiger partial charge is 0.478 e. The average molecular weight is 603 g/mol. The van der Waals surface area contributed by atoms with Crippen LogP contribution in [0.5, 0.6) is 0 Å². The second-order valence-electron chi connectivity index (χ2n) is 10.4. The maximum atomic E-state index is 13.9. The quantitative estimate of drug-likeness (QED) is 0.196. The fourth-order valence-electron chi connectivity index (χ4n) is 4.91. The molecule has 0 aromatic heterocycles. The van der Waals surface area contributed by atoms with Gasteiger partial charge in [0.2, 0.25) is 0 Å². The van der Waals surface area contributed by atoms with Crippen LogP contribution < -0.4 is 19.6 Å². The zero-order valence-electron chi connectivity index (χ0n) is 25.9. The van der Waals surface area contributed by atoms with Gasteiger partial charge in [0.1, 0.15) is 0 Å². The third kappa shape index (κ3) is 8.15. The Labute approximate surface area is 259 Å². The summed E-state index contributed by atoms with van der Waals surface area (Å²) in [5, 5.41) is 18.5. The fraction of sp³-hybridized carbons (Fsp3) is 0.353. The number of aromatic carboxylic acids is 2. The summed E-state index contributed by atoms with van der Waals surface area (Å²) in [6.07, 6.45) is 2.87. The van der Waals surface area contributed by atoms with Crippen LogP contribution in [0.4, 0.5) is 32.3 Å². The summed E-state index contributed by atoms with van der Waals surface area (Å²) >= 11 is 0. The molecule has 0 radical (unpaired) electrons. The van der Waals surface area contributed by atoms with Crippen molar-refractivity contribution < 1.29 is 29.4 Å². The van der Waals surface area contributed by atoms with Crippen molar-refractivity contribution in [1.82, 2.24) is 0 Å². The van der Waals surface area contributed by atoms with Gasteiger partial charge in [-0.2, -0.15) is 0 Å². The topological polar surface area (TPSA) is 122 Å². The fourth-order valence-corrected chi connectivity index (χ4v) is 4.91. The molecule has 0 aliphatic heterocycles. The van der Waals surface area contributed by atoms with E-state index >= 15 is 0 Å². The Morgan fingerprint density at radius 3 is 0.818 bits per heavy atom. The molecule has 10 heteroatoms. The molecular formula is C34H42N4O6. The molecule has 3 aromatic carbocycles. The van der Waals surface area contributed by atoms with Gasteiger partial charge in [0.15, 0.2) is 0 Å². The van der Waals surface area contributed by atoms with Crippen LogP contribution in [-0.2, 0) is 0 Å². The first-order valence-electron chi connectivity index (χ1n) is 15.1. The Bertz CT molecular complexity index is 1300. The lowest BCUT2D eigenvalue weighted by atomic mass is 10.2. The Hall–Kier alpha value is -4.86. The van der Waals surface area contributed by atoms with E-state index in [4.69, 9.17) is 0 Å². The number of hydrogen-bond acceptors (Lipinski definition) is 4. The number of carbonyl (C=O) groups excluding carboxylic acids is 2. The van der Waals surface area contributed by atoms with E-state index in [2.05, 4.69) is 0 Å². The maximum Gasteiger partial charge on any atom is 0.335 e. The number of carboxylic acids is 2. The van der Waals surface area contributed by atoms with Gasteiger partial charge in [0, 0.05) is 48.9 Å². The highest BCUT2D eigenvalue weighted by Gasteiger charge is 2.26. The molecule has 2 N–H and O–H groups in total. The van der Waals surface area contributed by atoms with Gasteiger partial charge < -0.3 is 10.2 Å². The van der Waals surface area contributed by atoms with Crippen LogP contribution in [0, 0.1) is 0 Å². The zero-order chi connectivity index (χ0) is 32.2. The second-order valence-corrected chi connectivity index (χ2v) is 10.4. The number of urea groups is 2. The first-order valence-corrected chi connectivity index (χ1v) is 15.1. The molecular weight excluding hydrogens is 560 g/mol. The Kier molecular flexibility index (Phi) is 12.3. The lowest BCUT2D eigenvalue weighted by Crippen LogP contribution is -2.45. The van der Waals surface area contributed by atoms with E-state index in [0.717, 1.165) is 12.8 Å². The van der Waals surface area contributed by atoms with Crippen LogP contribution in [0.2, 0.25) is 0 Å². The van der Waals surface area contributed by atoms with Gasteiger partial charge in [-0.15, -0.1) is 0 Å². The SMILES string of the molecule is CCCN(C(=O)N(CCC)c1ccc(N(CCC)C(=O)N(CCC)c2ccc(C(=O)O)cc2)cc1)c1ccc(C(=O)O)cc1. The highest BCUT2D eigenvalue weighted by atomic mass is 16.4. The van der Waals surface area contributed by atoms with Crippen molar-refractivity contribution in [3.63, 3.8) is 0 Å². The molecule has 0 atom stereocenters. The predicted molar refractivity (Wildman–Crippen MR) is 175 cm³/mol. The Morgan fingerprint density at radius 1 is 0.432 bits per heavy atom. The molecule has 0 saturated carbocycles. The van der Waals surface area contributed by atoms with Gasteiger partial charge in [0.25, 0.3) is 0 Å². The minimum Gasteiger partial charge on any atom is -0.478 e. The number of carbonyl (C=O) groups is 4. The number of benzene rings is 3. The molecule has 0 fully saturated rings. The highest BCUT2D eigenvalue weighted by molar-refractivity contribution is 6.05. The number of nitrogens with zero attached hydrogens (tertiary/aromatic N) is 4. The van der Waals surface area contributed by atoms with E-state index in [-0.39, 0.29) is 23.2 Å². The van der Waals surface area contributed by atoms with Gasteiger partial charge in [-0.1, -0.05) is 27.7 Å². The number of carboxylic acid groups (broad SMARTS) is 2. The molecule has 3 aromatic rings. The summed E-state index contributed by atoms with van der Waals surface area (Å²) in [5.41, 5.74) is 2.91. The predicted octanol–water partition coefficient (Wildman–Crippen LogP) is 7.59. The molecule has 4 amide bonds. The number of rotatable bonds is 14. The Balaban J connectivity index is 1.91. The van der Waals surface area contributed by atoms with Gasteiger partial charge in [-0.25, -0.2) is 19.2 Å². The van der Waals surface area contributed by atoms with Crippen molar-refractivity contribution in [2.24, 2.45) is 0 Å². The zero-order valence-corrected chi connectivity index (χ0v) is 25.9. The minimum atomic E-state index is -1.03. The van der Waals surface area contributed by atoms with Crippen LogP contribution >= 0.6 is 0 Å². The summed E-state index contributed by atoms with van der Waals surface area (Å²) < 4.78 is 0. The first-order chi connectivity index (χ1) is 21.2. The number of hydrogen-bond donors (Lipinski definition) is 2. The highest BCUT2D eigenvalue weighted by Crippen LogP contribution is 2.27. The summed E-state index contributed by atoms with van der Waals surface area (Å²) in [4.78, 5) is 57.1. The molecule has 0 aliphatic carbocycles.